The van der Waals surface area contributed by atoms with E-state index < -0.39 is 0 Å². The van der Waals surface area contributed by atoms with Crippen molar-refractivity contribution in [1.82, 2.24) is 5.32 Å². The Morgan fingerprint density at radius 3 is 2.50 bits per heavy atom. The van der Waals surface area contributed by atoms with Crippen LogP contribution in [0.25, 0.3) is 0 Å². The second-order valence-electron chi connectivity index (χ2n) is 7.92. The SMILES string of the molecule is CCCCCCC(=O)Nc1ccc(N2CCCCC2)c(C(=O)N[C@H](C)CC)c1. The highest BCUT2D eigenvalue weighted by Crippen LogP contribution is 2.27. The number of hydrogen-bond donors (Lipinski definition) is 2. The van der Waals surface area contributed by atoms with Gasteiger partial charge in [0, 0.05) is 36.9 Å². The zero-order valence-corrected chi connectivity index (χ0v) is 17.9. The molecule has 1 aliphatic rings. The molecule has 0 spiro atoms. The number of nitrogens with zero attached hydrogens (tertiary/aromatic N) is 1. The van der Waals surface area contributed by atoms with Crippen LogP contribution in [0.15, 0.2) is 18.2 Å². The van der Waals surface area contributed by atoms with E-state index in [2.05, 4.69) is 29.4 Å². The molecule has 0 unspecified atom stereocenters. The van der Waals surface area contributed by atoms with Gasteiger partial charge < -0.3 is 15.5 Å². The highest BCUT2D eigenvalue weighted by molar-refractivity contribution is 6.02. The monoisotopic (exact) mass is 387 g/mol. The Labute approximate surface area is 170 Å². The van der Waals surface area contributed by atoms with Gasteiger partial charge in [-0.3, -0.25) is 9.59 Å². The van der Waals surface area contributed by atoms with E-state index in [1.807, 2.05) is 25.1 Å². The fourth-order valence-corrected chi connectivity index (χ4v) is 3.55. The maximum atomic E-state index is 12.9. The number of unbranched alkanes of at least 4 members (excludes halogenated alkanes) is 3. The highest BCUT2D eigenvalue weighted by atomic mass is 16.2. The number of anilines is 2. The Hall–Kier alpha value is -2.04. The quantitative estimate of drug-likeness (QED) is 0.548. The van der Waals surface area contributed by atoms with Gasteiger partial charge in [0.2, 0.25) is 5.91 Å². The fourth-order valence-electron chi connectivity index (χ4n) is 3.55. The number of amides is 2. The zero-order chi connectivity index (χ0) is 20.4. The number of benzene rings is 1. The second-order valence-corrected chi connectivity index (χ2v) is 7.92. The Bertz CT molecular complexity index is 639. The molecule has 1 aromatic carbocycles. The lowest BCUT2D eigenvalue weighted by molar-refractivity contribution is -0.116. The van der Waals surface area contributed by atoms with Gasteiger partial charge in [0.1, 0.15) is 0 Å². The molecular formula is C23H37N3O2. The molecule has 0 bridgehead atoms. The van der Waals surface area contributed by atoms with Gasteiger partial charge in [-0.15, -0.1) is 0 Å². The van der Waals surface area contributed by atoms with Crippen molar-refractivity contribution in [3.8, 4) is 0 Å². The highest BCUT2D eigenvalue weighted by Gasteiger charge is 2.20. The predicted octanol–water partition coefficient (Wildman–Crippen LogP) is 5.11. The van der Waals surface area contributed by atoms with Crippen molar-refractivity contribution < 1.29 is 9.59 Å². The van der Waals surface area contributed by atoms with Crippen LogP contribution in [0.5, 0.6) is 0 Å². The lowest BCUT2D eigenvalue weighted by Gasteiger charge is -2.31. The third kappa shape index (κ3) is 6.84. The predicted molar refractivity (Wildman–Crippen MR) is 117 cm³/mol. The molecule has 156 valence electrons. The molecule has 5 heteroatoms. The largest absolute Gasteiger partial charge is 0.371 e. The molecule has 1 aromatic rings. The summed E-state index contributed by atoms with van der Waals surface area (Å²) in [6.07, 6.45) is 9.29. The summed E-state index contributed by atoms with van der Waals surface area (Å²) in [5, 5.41) is 6.05. The first-order chi connectivity index (χ1) is 13.5. The van der Waals surface area contributed by atoms with Crippen molar-refractivity contribution in [1.29, 1.82) is 0 Å². The molecule has 1 atom stereocenters. The molecule has 28 heavy (non-hydrogen) atoms. The van der Waals surface area contributed by atoms with E-state index >= 15 is 0 Å². The molecule has 5 nitrogen and oxygen atoms in total. The van der Waals surface area contributed by atoms with Gasteiger partial charge in [-0.25, -0.2) is 0 Å². The minimum absolute atomic E-state index is 0.0232. The van der Waals surface area contributed by atoms with Crippen LogP contribution in [-0.4, -0.2) is 30.9 Å². The minimum Gasteiger partial charge on any atom is -0.371 e. The van der Waals surface area contributed by atoms with Gasteiger partial charge in [0.15, 0.2) is 0 Å². The maximum absolute atomic E-state index is 12.9. The van der Waals surface area contributed by atoms with Gasteiger partial charge in [0.25, 0.3) is 5.91 Å². The first-order valence-corrected chi connectivity index (χ1v) is 11.0. The third-order valence-corrected chi connectivity index (χ3v) is 5.47. The number of carbonyl (C=O) groups is 2. The molecule has 1 fully saturated rings. The van der Waals surface area contributed by atoms with Crippen LogP contribution >= 0.6 is 0 Å². The summed E-state index contributed by atoms with van der Waals surface area (Å²) < 4.78 is 0. The number of piperidine rings is 1. The van der Waals surface area contributed by atoms with Crippen LogP contribution in [0.2, 0.25) is 0 Å². The van der Waals surface area contributed by atoms with Gasteiger partial charge in [-0.2, -0.15) is 0 Å². The van der Waals surface area contributed by atoms with Crippen LogP contribution in [0.1, 0.15) is 88.9 Å². The van der Waals surface area contributed by atoms with Gasteiger partial charge in [-0.05, 0) is 57.2 Å². The Balaban J connectivity index is 2.13. The van der Waals surface area contributed by atoms with Crippen molar-refractivity contribution in [2.24, 2.45) is 0 Å². The summed E-state index contributed by atoms with van der Waals surface area (Å²) in [7, 11) is 0. The smallest absolute Gasteiger partial charge is 0.253 e. The van der Waals surface area contributed by atoms with E-state index in [0.717, 1.165) is 63.7 Å². The average molecular weight is 388 g/mol. The molecule has 1 heterocycles. The van der Waals surface area contributed by atoms with Gasteiger partial charge in [0.05, 0.1) is 5.56 Å². The zero-order valence-electron chi connectivity index (χ0n) is 17.9. The van der Waals surface area contributed by atoms with Crippen LogP contribution in [-0.2, 0) is 4.79 Å². The van der Waals surface area contributed by atoms with Crippen molar-refractivity contribution in [3.63, 3.8) is 0 Å². The maximum Gasteiger partial charge on any atom is 0.253 e. The molecule has 0 aromatic heterocycles. The summed E-state index contributed by atoms with van der Waals surface area (Å²) >= 11 is 0. The molecule has 2 rings (SSSR count). The molecule has 1 saturated heterocycles. The summed E-state index contributed by atoms with van der Waals surface area (Å²) in [6.45, 7) is 8.20. The van der Waals surface area contributed by atoms with Crippen molar-refractivity contribution in [2.45, 2.75) is 84.6 Å². The molecule has 2 N–H and O–H groups in total. The number of hydrogen-bond acceptors (Lipinski definition) is 3. The summed E-state index contributed by atoms with van der Waals surface area (Å²) in [6, 6.07) is 5.88. The summed E-state index contributed by atoms with van der Waals surface area (Å²) in [4.78, 5) is 27.5. The summed E-state index contributed by atoms with van der Waals surface area (Å²) in [5.41, 5.74) is 2.34. The van der Waals surface area contributed by atoms with E-state index in [1.165, 1.54) is 6.42 Å². The molecule has 1 aliphatic heterocycles. The van der Waals surface area contributed by atoms with E-state index in [4.69, 9.17) is 0 Å². The number of rotatable bonds is 10. The number of carbonyl (C=O) groups excluding carboxylic acids is 2. The van der Waals surface area contributed by atoms with E-state index in [-0.39, 0.29) is 17.9 Å². The van der Waals surface area contributed by atoms with E-state index in [1.54, 1.807) is 0 Å². The average Bonchev–Trinajstić information content (AvgIpc) is 2.71. The molecule has 0 radical (unpaired) electrons. The first kappa shape index (κ1) is 22.3. The van der Waals surface area contributed by atoms with Crippen LogP contribution < -0.4 is 15.5 Å². The van der Waals surface area contributed by atoms with E-state index in [0.29, 0.717) is 17.7 Å². The number of nitrogens with one attached hydrogen (secondary N) is 2. The molecule has 0 aliphatic carbocycles. The molecule has 0 saturated carbocycles. The lowest BCUT2D eigenvalue weighted by atomic mass is 10.0. The van der Waals surface area contributed by atoms with Gasteiger partial charge >= 0.3 is 0 Å². The van der Waals surface area contributed by atoms with Gasteiger partial charge in [-0.1, -0.05) is 33.1 Å². The van der Waals surface area contributed by atoms with E-state index in [9.17, 15) is 9.59 Å². The Kier molecular flexibility index (Phi) is 9.32. The van der Waals surface area contributed by atoms with Crippen LogP contribution in [0, 0.1) is 0 Å². The standard InChI is InChI=1S/C23H37N3O2/c1-4-6-7-9-12-22(27)25-19-13-14-21(26-15-10-8-11-16-26)20(17-19)23(28)24-18(3)5-2/h13-14,17-18H,4-12,15-16H2,1-3H3,(H,24,28)(H,25,27)/t18-/m1/s1. The molecular weight excluding hydrogens is 350 g/mol. The lowest BCUT2D eigenvalue weighted by Crippen LogP contribution is -2.35. The normalized spacial score (nSPS) is 15.2. The van der Waals surface area contributed by atoms with Crippen LogP contribution in [0.3, 0.4) is 0 Å². The van der Waals surface area contributed by atoms with Crippen LogP contribution in [0.4, 0.5) is 11.4 Å². The third-order valence-electron chi connectivity index (χ3n) is 5.47. The van der Waals surface area contributed by atoms with Crippen molar-refractivity contribution in [2.75, 3.05) is 23.3 Å². The topological polar surface area (TPSA) is 61.4 Å². The first-order valence-electron chi connectivity index (χ1n) is 11.0. The van der Waals surface area contributed by atoms with Crippen molar-refractivity contribution >= 4 is 23.2 Å². The Morgan fingerprint density at radius 2 is 1.82 bits per heavy atom. The second kappa shape index (κ2) is 11.7. The fraction of sp³-hybridized carbons (Fsp3) is 0.652. The summed E-state index contributed by atoms with van der Waals surface area (Å²) in [5.74, 6) is -0.0379. The minimum atomic E-state index is -0.0611. The molecule has 2 amide bonds. The van der Waals surface area contributed by atoms with Crippen molar-refractivity contribution in [3.05, 3.63) is 23.8 Å². The Morgan fingerprint density at radius 1 is 1.07 bits per heavy atom.